The van der Waals surface area contributed by atoms with Crippen molar-refractivity contribution in [1.82, 2.24) is 0 Å². The van der Waals surface area contributed by atoms with Crippen molar-refractivity contribution in [3.8, 4) is 11.1 Å². The fourth-order valence-electron chi connectivity index (χ4n) is 1.61. The number of rotatable bonds is 2. The molecule has 0 amide bonds. The number of benzene rings is 2. The van der Waals surface area contributed by atoms with Crippen LogP contribution in [0.2, 0.25) is 0 Å². The Bertz CT molecular complexity index is 515. The van der Waals surface area contributed by atoms with Crippen LogP contribution in [-0.2, 0) is 0 Å². The molecule has 2 rings (SSSR count). The molecule has 80 valence electrons. The van der Waals surface area contributed by atoms with Gasteiger partial charge in [-0.1, -0.05) is 35.9 Å². The summed E-state index contributed by atoms with van der Waals surface area (Å²) < 4.78 is 0. The average molecular weight is 211 g/mol. The highest BCUT2D eigenvalue weighted by atomic mass is 16.1. The molecule has 0 saturated carbocycles. The second-order valence-corrected chi connectivity index (χ2v) is 3.83. The normalized spacial score (nSPS) is 10.1. The Hall–Kier alpha value is -2.09. The van der Waals surface area contributed by atoms with Gasteiger partial charge in [-0.05, 0) is 30.2 Å². The first-order valence-corrected chi connectivity index (χ1v) is 5.12. The van der Waals surface area contributed by atoms with Crippen LogP contribution < -0.4 is 5.73 Å². The number of anilines is 1. The molecule has 0 unspecified atom stereocenters. The molecule has 0 spiro atoms. The van der Waals surface area contributed by atoms with Gasteiger partial charge in [0.05, 0.1) is 0 Å². The molecule has 0 bridgehead atoms. The number of carbonyl (C=O) groups is 1. The molecule has 16 heavy (non-hydrogen) atoms. The molecule has 0 radical (unpaired) electrons. The van der Waals surface area contributed by atoms with Gasteiger partial charge in [-0.25, -0.2) is 0 Å². The summed E-state index contributed by atoms with van der Waals surface area (Å²) >= 11 is 0. The van der Waals surface area contributed by atoms with E-state index >= 15 is 0 Å². The van der Waals surface area contributed by atoms with Crippen LogP contribution in [0.1, 0.15) is 15.9 Å². The van der Waals surface area contributed by atoms with Crippen molar-refractivity contribution >= 4 is 12.0 Å². The second-order valence-electron chi connectivity index (χ2n) is 3.83. The zero-order valence-electron chi connectivity index (χ0n) is 9.10. The Morgan fingerprint density at radius 3 is 2.19 bits per heavy atom. The lowest BCUT2D eigenvalue weighted by molar-refractivity contribution is 0.112. The van der Waals surface area contributed by atoms with Crippen molar-refractivity contribution in [2.45, 2.75) is 6.92 Å². The fraction of sp³-hybridized carbons (Fsp3) is 0.0714. The lowest BCUT2D eigenvalue weighted by Crippen LogP contribution is -1.93. The zero-order valence-corrected chi connectivity index (χ0v) is 9.10. The molecule has 2 aromatic rings. The zero-order chi connectivity index (χ0) is 11.5. The third kappa shape index (κ3) is 1.96. The third-order valence-electron chi connectivity index (χ3n) is 2.60. The van der Waals surface area contributed by atoms with Gasteiger partial charge >= 0.3 is 0 Å². The monoisotopic (exact) mass is 211 g/mol. The number of carbonyl (C=O) groups excluding carboxylic acids is 1. The van der Waals surface area contributed by atoms with Crippen molar-refractivity contribution in [3.05, 3.63) is 53.6 Å². The van der Waals surface area contributed by atoms with E-state index in [-0.39, 0.29) is 0 Å². The summed E-state index contributed by atoms with van der Waals surface area (Å²) in [6, 6.07) is 13.7. The molecule has 0 aliphatic heterocycles. The first kappa shape index (κ1) is 10.4. The molecule has 0 aromatic heterocycles. The maximum atomic E-state index is 10.6. The van der Waals surface area contributed by atoms with Crippen molar-refractivity contribution in [3.63, 3.8) is 0 Å². The van der Waals surface area contributed by atoms with Crippen molar-refractivity contribution in [2.24, 2.45) is 0 Å². The van der Waals surface area contributed by atoms with Gasteiger partial charge in [0, 0.05) is 11.3 Å². The van der Waals surface area contributed by atoms with E-state index in [9.17, 15) is 4.79 Å². The highest BCUT2D eigenvalue weighted by molar-refractivity contribution is 5.85. The van der Waals surface area contributed by atoms with Crippen LogP contribution in [0.5, 0.6) is 0 Å². The molecule has 0 heterocycles. The minimum atomic E-state index is 0.521. The van der Waals surface area contributed by atoms with Gasteiger partial charge in [0.25, 0.3) is 0 Å². The third-order valence-corrected chi connectivity index (χ3v) is 2.60. The van der Waals surface area contributed by atoms with E-state index in [1.807, 2.05) is 31.2 Å². The smallest absolute Gasteiger partial charge is 0.152 e. The predicted octanol–water partition coefficient (Wildman–Crippen LogP) is 3.06. The second kappa shape index (κ2) is 4.19. The number of hydrogen-bond donors (Lipinski definition) is 1. The highest BCUT2D eigenvalue weighted by Crippen LogP contribution is 2.23. The van der Waals surface area contributed by atoms with Gasteiger partial charge in [0.1, 0.15) is 0 Å². The molecule has 0 aliphatic carbocycles. The van der Waals surface area contributed by atoms with Crippen LogP contribution >= 0.6 is 0 Å². The lowest BCUT2D eigenvalue weighted by Gasteiger charge is -2.05. The number of nitrogens with two attached hydrogens (primary N) is 1. The summed E-state index contributed by atoms with van der Waals surface area (Å²) in [5.74, 6) is 0. The van der Waals surface area contributed by atoms with E-state index in [0.29, 0.717) is 11.3 Å². The molecular formula is C14H13NO. The van der Waals surface area contributed by atoms with Crippen molar-refractivity contribution < 1.29 is 4.79 Å². The minimum absolute atomic E-state index is 0.521. The molecule has 0 fully saturated rings. The van der Waals surface area contributed by atoms with Gasteiger partial charge in [0.15, 0.2) is 6.29 Å². The van der Waals surface area contributed by atoms with Gasteiger partial charge in [-0.3, -0.25) is 4.79 Å². The van der Waals surface area contributed by atoms with E-state index in [4.69, 9.17) is 5.73 Å². The van der Waals surface area contributed by atoms with Crippen LogP contribution in [-0.4, -0.2) is 6.29 Å². The molecule has 2 aromatic carbocycles. The predicted molar refractivity (Wildman–Crippen MR) is 66.4 cm³/mol. The van der Waals surface area contributed by atoms with Crippen molar-refractivity contribution in [2.75, 3.05) is 5.73 Å². The standard InChI is InChI=1S/C14H13NO/c1-10-2-4-11(5-3-10)12-6-7-13(9-16)14(15)8-12/h2-9H,15H2,1H3. The Labute approximate surface area is 94.7 Å². The number of nitrogen functional groups attached to an aromatic ring is 1. The largest absolute Gasteiger partial charge is 0.398 e. The Morgan fingerprint density at radius 1 is 1.00 bits per heavy atom. The van der Waals surface area contributed by atoms with E-state index in [1.54, 1.807) is 6.07 Å². The first-order valence-electron chi connectivity index (χ1n) is 5.12. The summed E-state index contributed by atoms with van der Waals surface area (Å²) in [5, 5.41) is 0. The summed E-state index contributed by atoms with van der Waals surface area (Å²) in [4.78, 5) is 10.6. The quantitative estimate of drug-likeness (QED) is 0.612. The van der Waals surface area contributed by atoms with E-state index in [1.165, 1.54) is 5.56 Å². The van der Waals surface area contributed by atoms with E-state index in [2.05, 4.69) is 12.1 Å². The topological polar surface area (TPSA) is 43.1 Å². The Morgan fingerprint density at radius 2 is 1.62 bits per heavy atom. The average Bonchev–Trinajstić information content (AvgIpc) is 2.30. The van der Waals surface area contributed by atoms with Crippen molar-refractivity contribution in [1.29, 1.82) is 0 Å². The molecule has 2 heteroatoms. The van der Waals surface area contributed by atoms with Crippen LogP contribution in [0.25, 0.3) is 11.1 Å². The molecular weight excluding hydrogens is 198 g/mol. The maximum Gasteiger partial charge on any atom is 0.152 e. The van der Waals surface area contributed by atoms with E-state index < -0.39 is 0 Å². The molecule has 0 aliphatic rings. The van der Waals surface area contributed by atoms with Gasteiger partial charge in [0.2, 0.25) is 0 Å². The lowest BCUT2D eigenvalue weighted by atomic mass is 10.0. The van der Waals surface area contributed by atoms with Gasteiger partial charge < -0.3 is 5.73 Å². The summed E-state index contributed by atoms with van der Waals surface area (Å²) in [6.45, 7) is 2.05. The van der Waals surface area contributed by atoms with Gasteiger partial charge in [-0.2, -0.15) is 0 Å². The minimum Gasteiger partial charge on any atom is -0.398 e. The molecule has 0 saturated heterocycles. The van der Waals surface area contributed by atoms with Crippen LogP contribution in [0.3, 0.4) is 0 Å². The Kier molecular flexibility index (Phi) is 2.73. The van der Waals surface area contributed by atoms with Crippen LogP contribution in [0.4, 0.5) is 5.69 Å². The molecule has 2 nitrogen and oxygen atoms in total. The highest BCUT2D eigenvalue weighted by Gasteiger charge is 2.01. The number of hydrogen-bond acceptors (Lipinski definition) is 2. The summed E-state index contributed by atoms with van der Waals surface area (Å²) in [5.41, 5.74) is 10.2. The summed E-state index contributed by atoms with van der Waals surface area (Å²) in [6.07, 6.45) is 0.772. The van der Waals surface area contributed by atoms with E-state index in [0.717, 1.165) is 17.4 Å². The Balaban J connectivity index is 2.45. The summed E-state index contributed by atoms with van der Waals surface area (Å²) in [7, 11) is 0. The van der Waals surface area contributed by atoms with Crippen LogP contribution in [0.15, 0.2) is 42.5 Å². The number of aldehydes is 1. The van der Waals surface area contributed by atoms with Gasteiger partial charge in [-0.15, -0.1) is 0 Å². The van der Waals surface area contributed by atoms with Crippen LogP contribution in [0, 0.1) is 6.92 Å². The first-order chi connectivity index (χ1) is 7.70. The maximum absolute atomic E-state index is 10.6. The SMILES string of the molecule is Cc1ccc(-c2ccc(C=O)c(N)c2)cc1. The number of aryl methyl sites for hydroxylation is 1. The molecule has 0 atom stereocenters. The fourth-order valence-corrected chi connectivity index (χ4v) is 1.61. The molecule has 2 N–H and O–H groups in total.